The first-order valence-corrected chi connectivity index (χ1v) is 7.36. The maximum atomic E-state index is 4.22. The van der Waals surface area contributed by atoms with Gasteiger partial charge in [-0.3, -0.25) is 0 Å². The predicted octanol–water partition coefficient (Wildman–Crippen LogP) is 3.11. The van der Waals surface area contributed by atoms with Crippen LogP contribution in [0.15, 0.2) is 48.7 Å². The van der Waals surface area contributed by atoms with Crippen molar-refractivity contribution in [1.82, 2.24) is 19.7 Å². The molecule has 3 atom stereocenters. The van der Waals surface area contributed by atoms with Crippen LogP contribution in [0.4, 0.5) is 0 Å². The summed E-state index contributed by atoms with van der Waals surface area (Å²) >= 11 is 0. The maximum absolute atomic E-state index is 4.22. The molecular formula is C17H18N4. The second-order valence-corrected chi connectivity index (χ2v) is 5.69. The zero-order chi connectivity index (χ0) is 14.4. The van der Waals surface area contributed by atoms with Gasteiger partial charge in [0.2, 0.25) is 0 Å². The van der Waals surface area contributed by atoms with E-state index in [4.69, 9.17) is 0 Å². The Morgan fingerprint density at radius 3 is 2.67 bits per heavy atom. The Kier molecular flexibility index (Phi) is 2.70. The Morgan fingerprint density at radius 1 is 1.05 bits per heavy atom. The van der Waals surface area contributed by atoms with Gasteiger partial charge in [0, 0.05) is 0 Å². The monoisotopic (exact) mass is 278 g/mol. The molecule has 0 fully saturated rings. The van der Waals surface area contributed by atoms with Crippen molar-refractivity contribution >= 4 is 6.08 Å². The van der Waals surface area contributed by atoms with Gasteiger partial charge in [-0.1, -0.05) is 36.4 Å². The highest BCUT2D eigenvalue weighted by Gasteiger charge is 2.35. The van der Waals surface area contributed by atoms with E-state index in [0.717, 1.165) is 11.6 Å². The minimum absolute atomic E-state index is 0.297. The van der Waals surface area contributed by atoms with Gasteiger partial charge < -0.3 is 9.47 Å². The van der Waals surface area contributed by atoms with Crippen LogP contribution in [0.2, 0.25) is 0 Å². The second kappa shape index (κ2) is 4.58. The fourth-order valence-electron chi connectivity index (χ4n) is 3.37. The van der Waals surface area contributed by atoms with E-state index in [-0.39, 0.29) is 0 Å². The fraction of sp³-hybridized carbons (Fsp3) is 0.294. The molecule has 1 aromatic carbocycles. The highest BCUT2D eigenvalue weighted by Crippen LogP contribution is 2.37. The molecule has 4 rings (SSSR count). The third-order valence-electron chi connectivity index (χ3n) is 4.51. The van der Waals surface area contributed by atoms with E-state index in [9.17, 15) is 0 Å². The van der Waals surface area contributed by atoms with Crippen LogP contribution in [-0.2, 0) is 0 Å². The van der Waals surface area contributed by atoms with Crippen LogP contribution >= 0.6 is 0 Å². The first-order chi connectivity index (χ1) is 10.3. The summed E-state index contributed by atoms with van der Waals surface area (Å²) in [4.78, 5) is 2.42. The lowest BCUT2D eigenvalue weighted by molar-refractivity contribution is 0.237. The Labute approximate surface area is 124 Å². The lowest BCUT2D eigenvalue weighted by atomic mass is 10.0. The molecule has 0 aliphatic carbocycles. The number of hydrogen-bond donors (Lipinski definition) is 0. The third kappa shape index (κ3) is 1.82. The van der Waals surface area contributed by atoms with Crippen molar-refractivity contribution in [2.75, 3.05) is 0 Å². The normalized spacial score (nSPS) is 24.0. The molecule has 21 heavy (non-hydrogen) atoms. The molecule has 0 spiro atoms. The summed E-state index contributed by atoms with van der Waals surface area (Å²) in [6.07, 6.45) is 8.80. The van der Waals surface area contributed by atoms with E-state index in [1.165, 1.54) is 5.56 Å². The number of fused-ring (bicyclic) bond motifs is 3. The molecule has 1 aromatic heterocycles. The lowest BCUT2D eigenvalue weighted by Gasteiger charge is -2.35. The van der Waals surface area contributed by atoms with Crippen molar-refractivity contribution in [1.29, 1.82) is 0 Å². The average molecular weight is 278 g/mol. The van der Waals surface area contributed by atoms with Gasteiger partial charge in [-0.25, -0.2) is 0 Å². The molecule has 3 heterocycles. The van der Waals surface area contributed by atoms with Crippen LogP contribution < -0.4 is 0 Å². The number of benzene rings is 1. The van der Waals surface area contributed by atoms with Crippen molar-refractivity contribution in [3.05, 3.63) is 65.9 Å². The summed E-state index contributed by atoms with van der Waals surface area (Å²) in [6.45, 7) is 4.27. The minimum atomic E-state index is 0.297. The highest BCUT2D eigenvalue weighted by molar-refractivity contribution is 5.47. The molecule has 0 N–H and O–H groups in total. The highest BCUT2D eigenvalue weighted by atomic mass is 15.3. The quantitative estimate of drug-likeness (QED) is 0.846. The van der Waals surface area contributed by atoms with E-state index in [2.05, 4.69) is 81.3 Å². The summed E-state index contributed by atoms with van der Waals surface area (Å²) in [7, 11) is 0. The molecule has 2 aliphatic rings. The van der Waals surface area contributed by atoms with Gasteiger partial charge in [0.1, 0.15) is 5.82 Å². The maximum Gasteiger partial charge on any atom is 0.157 e. The zero-order valence-electron chi connectivity index (χ0n) is 12.2. The molecule has 0 saturated heterocycles. The minimum Gasteiger partial charge on any atom is -0.362 e. The van der Waals surface area contributed by atoms with Crippen molar-refractivity contribution < 1.29 is 0 Å². The van der Waals surface area contributed by atoms with Gasteiger partial charge in [0.25, 0.3) is 0 Å². The summed E-state index contributed by atoms with van der Waals surface area (Å²) in [5.41, 5.74) is 1.34. The zero-order valence-corrected chi connectivity index (χ0v) is 12.2. The molecule has 3 unspecified atom stereocenters. The molecular weight excluding hydrogens is 260 g/mol. The molecule has 0 radical (unpaired) electrons. The first-order valence-electron chi connectivity index (χ1n) is 7.36. The van der Waals surface area contributed by atoms with Crippen molar-refractivity contribution in [3.63, 3.8) is 0 Å². The van der Waals surface area contributed by atoms with Gasteiger partial charge >= 0.3 is 0 Å². The van der Waals surface area contributed by atoms with E-state index >= 15 is 0 Å². The standard InChI is InChI=1S/C17H18N4/c1-12(14-6-4-3-5-7-14)20-11-10-16-15(20)8-9-17-19-18-13(2)21(16)17/h3-12,15-16H,1-2H3. The molecule has 4 nitrogen and oxygen atoms in total. The Morgan fingerprint density at radius 2 is 1.86 bits per heavy atom. The Hall–Kier alpha value is -2.36. The second-order valence-electron chi connectivity index (χ2n) is 5.69. The van der Waals surface area contributed by atoms with Gasteiger partial charge in [-0.05, 0) is 37.8 Å². The summed E-state index contributed by atoms with van der Waals surface area (Å²) in [5, 5.41) is 8.41. The SMILES string of the molecule is Cc1nnc2n1C1C=CN(C(C)c3ccccc3)C1C=C2. The Balaban J connectivity index is 1.67. The topological polar surface area (TPSA) is 34.0 Å². The van der Waals surface area contributed by atoms with E-state index in [0.29, 0.717) is 18.1 Å². The van der Waals surface area contributed by atoms with E-state index in [1.54, 1.807) is 0 Å². The Bertz CT molecular complexity index is 714. The van der Waals surface area contributed by atoms with Gasteiger partial charge in [0.05, 0.1) is 18.1 Å². The summed E-state index contributed by atoms with van der Waals surface area (Å²) in [6, 6.07) is 11.6. The number of hydrogen-bond acceptors (Lipinski definition) is 3. The van der Waals surface area contributed by atoms with Gasteiger partial charge in [0.15, 0.2) is 5.82 Å². The molecule has 2 aromatic rings. The average Bonchev–Trinajstić information content (AvgIpc) is 3.11. The number of nitrogens with zero attached hydrogens (tertiary/aromatic N) is 4. The number of aryl methyl sites for hydroxylation is 1. The van der Waals surface area contributed by atoms with Crippen LogP contribution in [0, 0.1) is 6.92 Å². The summed E-state index contributed by atoms with van der Waals surface area (Å²) in [5.74, 6) is 1.93. The molecule has 0 amide bonds. The fourth-order valence-corrected chi connectivity index (χ4v) is 3.37. The number of rotatable bonds is 2. The molecule has 0 bridgehead atoms. The smallest absolute Gasteiger partial charge is 0.157 e. The van der Waals surface area contributed by atoms with Crippen LogP contribution in [0.5, 0.6) is 0 Å². The van der Waals surface area contributed by atoms with Crippen LogP contribution in [0.3, 0.4) is 0 Å². The van der Waals surface area contributed by atoms with Crippen LogP contribution in [-0.4, -0.2) is 25.7 Å². The van der Waals surface area contributed by atoms with E-state index in [1.807, 2.05) is 6.92 Å². The first kappa shape index (κ1) is 12.4. The molecule has 2 aliphatic heterocycles. The molecule has 0 saturated carbocycles. The molecule has 4 heteroatoms. The van der Waals surface area contributed by atoms with Crippen LogP contribution in [0.25, 0.3) is 6.08 Å². The molecule has 106 valence electrons. The summed E-state index contributed by atoms with van der Waals surface area (Å²) < 4.78 is 2.22. The third-order valence-corrected chi connectivity index (χ3v) is 4.51. The van der Waals surface area contributed by atoms with Crippen LogP contribution in [0.1, 0.15) is 36.2 Å². The lowest BCUT2D eigenvalue weighted by Crippen LogP contribution is -2.35. The van der Waals surface area contributed by atoms with Crippen molar-refractivity contribution in [2.45, 2.75) is 32.0 Å². The van der Waals surface area contributed by atoms with Gasteiger partial charge in [-0.2, -0.15) is 0 Å². The van der Waals surface area contributed by atoms with Crippen molar-refractivity contribution in [3.8, 4) is 0 Å². The van der Waals surface area contributed by atoms with Crippen molar-refractivity contribution in [2.24, 2.45) is 0 Å². The van der Waals surface area contributed by atoms with Gasteiger partial charge in [-0.15, -0.1) is 10.2 Å². The number of aromatic nitrogens is 3. The van der Waals surface area contributed by atoms with E-state index < -0.39 is 0 Å². The largest absolute Gasteiger partial charge is 0.362 e. The predicted molar refractivity (Wildman–Crippen MR) is 82.5 cm³/mol.